The summed E-state index contributed by atoms with van der Waals surface area (Å²) in [6.07, 6.45) is 1.80. The van der Waals surface area contributed by atoms with Crippen LogP contribution in [0.5, 0.6) is 0 Å². The third kappa shape index (κ3) is 3.92. The van der Waals surface area contributed by atoms with Gasteiger partial charge in [-0.1, -0.05) is 46.7 Å². The molecule has 0 saturated heterocycles. The zero-order chi connectivity index (χ0) is 15.1. The second kappa shape index (κ2) is 4.74. The van der Waals surface area contributed by atoms with Gasteiger partial charge in [0.25, 0.3) is 0 Å². The van der Waals surface area contributed by atoms with Crippen molar-refractivity contribution in [3.63, 3.8) is 0 Å². The summed E-state index contributed by atoms with van der Waals surface area (Å²) in [6, 6.07) is 0. The van der Waals surface area contributed by atoms with Gasteiger partial charge >= 0.3 is 0 Å². The summed E-state index contributed by atoms with van der Waals surface area (Å²) in [6.45, 7) is 12.6. The molecule has 0 amide bonds. The molecule has 0 saturated carbocycles. The first-order valence-electron chi connectivity index (χ1n) is 6.47. The Bertz CT molecular complexity index is 469. The quantitative estimate of drug-likeness (QED) is 0.866. The van der Waals surface area contributed by atoms with Gasteiger partial charge in [0, 0.05) is 17.3 Å². The van der Waals surface area contributed by atoms with Crippen LogP contribution in [0.15, 0.2) is 5.16 Å². The molecule has 1 rings (SSSR count). The van der Waals surface area contributed by atoms with Gasteiger partial charge in [0.2, 0.25) is 10.0 Å². The van der Waals surface area contributed by atoms with Crippen molar-refractivity contribution < 1.29 is 13.3 Å². The highest BCUT2D eigenvalue weighted by atomic mass is 32.2. The Morgan fingerprint density at radius 3 is 2.11 bits per heavy atom. The molecule has 0 aromatic heterocycles. The lowest BCUT2D eigenvalue weighted by atomic mass is 9.71. The standard InChI is InChI=1S/C13H26N2O3S/c1-11(2,3)10-8-13(18-15-10,12(4,5)6)9-14-19(7,16)17/h14H,8-9H2,1-7H3. The fourth-order valence-electron chi connectivity index (χ4n) is 1.89. The van der Waals surface area contributed by atoms with Crippen LogP contribution in [0.25, 0.3) is 0 Å². The third-order valence-electron chi connectivity index (χ3n) is 3.64. The maximum absolute atomic E-state index is 11.3. The average molecular weight is 290 g/mol. The second-order valence-electron chi connectivity index (χ2n) is 7.39. The maximum atomic E-state index is 11.3. The van der Waals surface area contributed by atoms with Crippen molar-refractivity contribution in [1.29, 1.82) is 0 Å². The molecule has 112 valence electrons. The van der Waals surface area contributed by atoms with Gasteiger partial charge in [-0.25, -0.2) is 13.1 Å². The van der Waals surface area contributed by atoms with Gasteiger partial charge in [-0.15, -0.1) is 0 Å². The van der Waals surface area contributed by atoms with Gasteiger partial charge < -0.3 is 4.84 Å². The molecular weight excluding hydrogens is 264 g/mol. The van der Waals surface area contributed by atoms with Crippen molar-refractivity contribution in [2.45, 2.75) is 53.6 Å². The van der Waals surface area contributed by atoms with Gasteiger partial charge in [0.1, 0.15) is 0 Å². The Hall–Kier alpha value is -0.620. The fourth-order valence-corrected chi connectivity index (χ4v) is 2.38. The molecule has 1 unspecified atom stereocenters. The van der Waals surface area contributed by atoms with Crippen LogP contribution >= 0.6 is 0 Å². The summed E-state index contributed by atoms with van der Waals surface area (Å²) in [5, 5.41) is 4.21. The minimum atomic E-state index is -3.24. The number of nitrogens with zero attached hydrogens (tertiary/aromatic N) is 1. The van der Waals surface area contributed by atoms with E-state index in [0.717, 1.165) is 12.0 Å². The predicted molar refractivity (Wildman–Crippen MR) is 77.6 cm³/mol. The number of sulfonamides is 1. The minimum absolute atomic E-state index is 0.0713. The van der Waals surface area contributed by atoms with Crippen LogP contribution in [-0.2, 0) is 14.9 Å². The summed E-state index contributed by atoms with van der Waals surface area (Å²) >= 11 is 0. The minimum Gasteiger partial charge on any atom is -0.387 e. The second-order valence-corrected chi connectivity index (χ2v) is 9.23. The van der Waals surface area contributed by atoms with Crippen LogP contribution in [0.4, 0.5) is 0 Å². The van der Waals surface area contributed by atoms with E-state index in [4.69, 9.17) is 4.84 Å². The zero-order valence-corrected chi connectivity index (χ0v) is 13.8. The van der Waals surface area contributed by atoms with Crippen LogP contribution in [0.3, 0.4) is 0 Å². The molecule has 0 spiro atoms. The van der Waals surface area contributed by atoms with Crippen LogP contribution in [0.1, 0.15) is 48.0 Å². The summed E-state index contributed by atoms with van der Waals surface area (Å²) in [5.74, 6) is 0. The highest BCUT2D eigenvalue weighted by Crippen LogP contribution is 2.43. The monoisotopic (exact) mass is 290 g/mol. The molecule has 1 aliphatic rings. The van der Waals surface area contributed by atoms with Gasteiger partial charge in [0.15, 0.2) is 5.60 Å². The first-order chi connectivity index (χ1) is 8.27. The summed E-state index contributed by atoms with van der Waals surface area (Å²) in [4.78, 5) is 5.70. The summed E-state index contributed by atoms with van der Waals surface area (Å²) in [7, 11) is -3.24. The Morgan fingerprint density at radius 1 is 1.26 bits per heavy atom. The summed E-state index contributed by atoms with van der Waals surface area (Å²) in [5.41, 5.74) is 0.0514. The lowest BCUT2D eigenvalue weighted by Gasteiger charge is -2.39. The molecule has 0 aliphatic carbocycles. The molecule has 19 heavy (non-hydrogen) atoms. The lowest BCUT2D eigenvalue weighted by Crippen LogP contribution is -2.52. The highest BCUT2D eigenvalue weighted by molar-refractivity contribution is 7.88. The summed E-state index contributed by atoms with van der Waals surface area (Å²) < 4.78 is 25.2. The largest absolute Gasteiger partial charge is 0.387 e. The van der Waals surface area contributed by atoms with E-state index in [-0.39, 0.29) is 17.4 Å². The van der Waals surface area contributed by atoms with E-state index >= 15 is 0 Å². The normalized spacial score (nSPS) is 25.1. The molecule has 1 heterocycles. The van der Waals surface area contributed by atoms with Crippen LogP contribution < -0.4 is 4.72 Å². The fraction of sp³-hybridized carbons (Fsp3) is 0.923. The smallest absolute Gasteiger partial charge is 0.208 e. The molecule has 0 aromatic carbocycles. The number of oxime groups is 1. The molecule has 0 bridgehead atoms. The number of nitrogens with one attached hydrogen (secondary N) is 1. The van der Waals surface area contributed by atoms with E-state index in [1.165, 1.54) is 0 Å². The predicted octanol–water partition coefficient (Wildman–Crippen LogP) is 2.14. The van der Waals surface area contributed by atoms with E-state index in [0.29, 0.717) is 6.42 Å². The van der Waals surface area contributed by atoms with E-state index in [2.05, 4.69) is 30.6 Å². The van der Waals surface area contributed by atoms with Gasteiger partial charge in [-0.3, -0.25) is 0 Å². The Labute approximate surface area is 116 Å². The van der Waals surface area contributed by atoms with Crippen molar-refractivity contribution in [1.82, 2.24) is 4.72 Å². The number of hydrogen-bond donors (Lipinski definition) is 1. The molecule has 1 atom stereocenters. The molecule has 0 radical (unpaired) electrons. The third-order valence-corrected chi connectivity index (χ3v) is 4.30. The first-order valence-corrected chi connectivity index (χ1v) is 8.36. The first kappa shape index (κ1) is 16.4. The topological polar surface area (TPSA) is 67.8 Å². The molecule has 6 heteroatoms. The maximum Gasteiger partial charge on any atom is 0.208 e. The van der Waals surface area contributed by atoms with E-state index < -0.39 is 15.6 Å². The molecular formula is C13H26N2O3S. The van der Waals surface area contributed by atoms with Gasteiger partial charge in [-0.05, 0) is 0 Å². The Kier molecular flexibility index (Phi) is 4.10. The van der Waals surface area contributed by atoms with Crippen LogP contribution in [0, 0.1) is 10.8 Å². The van der Waals surface area contributed by atoms with Crippen molar-refractivity contribution in [3.05, 3.63) is 0 Å². The van der Waals surface area contributed by atoms with Crippen molar-refractivity contribution in [3.8, 4) is 0 Å². The van der Waals surface area contributed by atoms with E-state index in [1.807, 2.05) is 20.8 Å². The molecule has 5 nitrogen and oxygen atoms in total. The molecule has 1 aliphatic heterocycles. The molecule has 0 aromatic rings. The van der Waals surface area contributed by atoms with E-state index in [9.17, 15) is 8.42 Å². The van der Waals surface area contributed by atoms with E-state index in [1.54, 1.807) is 0 Å². The van der Waals surface area contributed by atoms with Crippen LogP contribution in [0.2, 0.25) is 0 Å². The molecule has 1 N–H and O–H groups in total. The average Bonchev–Trinajstić information content (AvgIpc) is 2.56. The lowest BCUT2D eigenvalue weighted by molar-refractivity contribution is -0.0902. The van der Waals surface area contributed by atoms with Crippen molar-refractivity contribution in [2.75, 3.05) is 12.8 Å². The SMILES string of the molecule is CC(C)(C)C1=NOC(CNS(C)(=O)=O)(C(C)(C)C)C1. The number of hydrogen-bond acceptors (Lipinski definition) is 4. The number of rotatable bonds is 3. The zero-order valence-electron chi connectivity index (χ0n) is 13.0. The highest BCUT2D eigenvalue weighted by Gasteiger charge is 2.50. The van der Waals surface area contributed by atoms with Gasteiger partial charge in [0.05, 0.1) is 18.5 Å². The Balaban J connectivity index is 2.96. The van der Waals surface area contributed by atoms with Gasteiger partial charge in [-0.2, -0.15) is 0 Å². The van der Waals surface area contributed by atoms with Crippen LogP contribution in [-0.4, -0.2) is 32.5 Å². The van der Waals surface area contributed by atoms with Crippen molar-refractivity contribution in [2.24, 2.45) is 16.0 Å². The Morgan fingerprint density at radius 2 is 1.79 bits per heavy atom. The van der Waals surface area contributed by atoms with Crippen molar-refractivity contribution >= 4 is 15.7 Å². The molecule has 0 fully saturated rings.